The molecule has 4 saturated carbocycles. The number of methoxy groups -OCH3 is 1. The molecule has 1 aromatic rings. The Morgan fingerprint density at radius 1 is 1.09 bits per heavy atom. The molecule has 4 aliphatic rings. The van der Waals surface area contributed by atoms with Crippen LogP contribution in [-0.2, 0) is 20.7 Å². The van der Waals surface area contributed by atoms with Gasteiger partial charge in [0.25, 0.3) is 0 Å². The van der Waals surface area contributed by atoms with E-state index in [9.17, 15) is 34.4 Å². The summed E-state index contributed by atoms with van der Waals surface area (Å²) in [5.74, 6) is -0.479. The molecule has 0 saturated heterocycles. The molecule has 1 aromatic carbocycles. The van der Waals surface area contributed by atoms with Crippen molar-refractivity contribution in [2.45, 2.75) is 109 Å². The minimum absolute atomic E-state index is 0.0193. The Bertz CT molecular complexity index is 1250. The monoisotopic (exact) mass is 646 g/mol. The van der Waals surface area contributed by atoms with E-state index in [1.54, 1.807) is 0 Å². The van der Waals surface area contributed by atoms with E-state index in [1.807, 2.05) is 0 Å². The standard InChI is InChI=1S/C36H55FN2O7/c1-20(6-5-13-38-19-32(44)39-28(34(45)46-4)15-21-7-10-29(41)27(37)14-21)24-8-9-25-33-26(18-31(43)36(24,25)3)35(2)12-11-23(40)16-22(35)17-30(33)42/h7,10,14,20,22-26,28,30-31,33,38,40-43H,5-6,8-9,11-13,15-19H2,1-4H3,(H,39,44)/t20-,22+,23-,24-,25+,26+,28?,30-,31+,33+,35+,36-/m1/s1. The fourth-order valence-electron chi connectivity index (χ4n) is 10.6. The van der Waals surface area contributed by atoms with Crippen LogP contribution in [0.5, 0.6) is 5.75 Å². The van der Waals surface area contributed by atoms with Crippen molar-refractivity contribution in [2.24, 2.45) is 46.3 Å². The number of esters is 1. The van der Waals surface area contributed by atoms with Crippen LogP contribution in [0, 0.1) is 52.2 Å². The lowest BCUT2D eigenvalue weighted by Gasteiger charge is -2.63. The predicted octanol–water partition coefficient (Wildman–Crippen LogP) is 3.70. The van der Waals surface area contributed by atoms with Gasteiger partial charge in [-0.05, 0) is 128 Å². The summed E-state index contributed by atoms with van der Waals surface area (Å²) in [6, 6.07) is 2.85. The minimum Gasteiger partial charge on any atom is -0.505 e. The summed E-state index contributed by atoms with van der Waals surface area (Å²) in [7, 11) is 1.23. The average molecular weight is 647 g/mol. The number of carbonyl (C=O) groups excluding carboxylic acids is 2. The topological polar surface area (TPSA) is 148 Å². The molecule has 0 aliphatic heterocycles. The molecule has 5 rings (SSSR count). The van der Waals surface area contributed by atoms with E-state index in [4.69, 9.17) is 4.74 Å². The number of ether oxygens (including phenoxy) is 1. The smallest absolute Gasteiger partial charge is 0.328 e. The van der Waals surface area contributed by atoms with Crippen LogP contribution in [0.25, 0.3) is 0 Å². The van der Waals surface area contributed by atoms with Gasteiger partial charge < -0.3 is 35.8 Å². The van der Waals surface area contributed by atoms with Gasteiger partial charge in [-0.2, -0.15) is 0 Å². The van der Waals surface area contributed by atoms with Gasteiger partial charge in [0.05, 0.1) is 32.0 Å². The highest BCUT2D eigenvalue weighted by Crippen LogP contribution is 2.68. The Kier molecular flexibility index (Phi) is 10.7. The SMILES string of the molecule is COC(=O)C(Cc1ccc(O)c(F)c1)NC(=O)CNCCC[C@@H](C)[C@H]1CC[C@H]2[C@@H]3[C@H](O)C[C@@H]4C[C@H](O)CC[C@]4(C)[C@H]3C[C@H](O)[C@]12C. The van der Waals surface area contributed by atoms with Gasteiger partial charge in [0.15, 0.2) is 11.6 Å². The summed E-state index contributed by atoms with van der Waals surface area (Å²) < 4.78 is 18.6. The number of hydrogen-bond donors (Lipinski definition) is 6. The van der Waals surface area contributed by atoms with Gasteiger partial charge in [-0.1, -0.05) is 26.8 Å². The highest BCUT2D eigenvalue weighted by Gasteiger charge is 2.65. The summed E-state index contributed by atoms with van der Waals surface area (Å²) in [6.45, 7) is 7.54. The predicted molar refractivity (Wildman–Crippen MR) is 171 cm³/mol. The summed E-state index contributed by atoms with van der Waals surface area (Å²) in [5, 5.41) is 48.9. The summed E-state index contributed by atoms with van der Waals surface area (Å²) in [4.78, 5) is 24.9. The molecule has 9 nitrogen and oxygen atoms in total. The Labute approximate surface area is 272 Å². The van der Waals surface area contributed by atoms with Gasteiger partial charge in [0.2, 0.25) is 5.91 Å². The number of benzene rings is 1. The molecule has 1 unspecified atom stereocenters. The second-order valence-electron chi connectivity index (χ2n) is 15.5. The number of halogens is 1. The van der Waals surface area contributed by atoms with E-state index in [0.717, 1.165) is 63.9 Å². The zero-order valence-electron chi connectivity index (χ0n) is 27.9. The maximum Gasteiger partial charge on any atom is 0.328 e. The van der Waals surface area contributed by atoms with Crippen molar-refractivity contribution in [3.05, 3.63) is 29.6 Å². The molecule has 0 aromatic heterocycles. The average Bonchev–Trinajstić information content (AvgIpc) is 3.37. The minimum atomic E-state index is -0.985. The summed E-state index contributed by atoms with van der Waals surface area (Å²) in [6.07, 6.45) is 6.86. The number of nitrogens with one attached hydrogen (secondary N) is 2. The number of hydrogen-bond acceptors (Lipinski definition) is 8. The van der Waals surface area contributed by atoms with Gasteiger partial charge >= 0.3 is 5.97 Å². The van der Waals surface area contributed by atoms with Crippen LogP contribution in [0.4, 0.5) is 4.39 Å². The van der Waals surface area contributed by atoms with E-state index in [2.05, 4.69) is 31.4 Å². The quantitative estimate of drug-likeness (QED) is 0.158. The van der Waals surface area contributed by atoms with Crippen LogP contribution in [0.15, 0.2) is 18.2 Å². The molecule has 258 valence electrons. The van der Waals surface area contributed by atoms with Gasteiger partial charge in [-0.3, -0.25) is 4.79 Å². The number of aliphatic hydroxyl groups is 3. The molecule has 6 N–H and O–H groups in total. The van der Waals surface area contributed by atoms with Crippen molar-refractivity contribution in [3.8, 4) is 5.75 Å². The maximum absolute atomic E-state index is 13.8. The number of phenolic OH excluding ortho intramolecular Hbond substituents is 1. The zero-order chi connectivity index (χ0) is 33.4. The van der Waals surface area contributed by atoms with E-state index < -0.39 is 29.7 Å². The summed E-state index contributed by atoms with van der Waals surface area (Å²) >= 11 is 0. The first kappa shape index (κ1) is 35.0. The largest absolute Gasteiger partial charge is 0.505 e. The Morgan fingerprint density at radius 3 is 2.57 bits per heavy atom. The van der Waals surface area contributed by atoms with Crippen molar-refractivity contribution < 1.29 is 39.1 Å². The summed E-state index contributed by atoms with van der Waals surface area (Å²) in [5.41, 5.74) is 0.266. The number of fused-ring (bicyclic) bond motifs is 5. The molecule has 0 bridgehead atoms. The van der Waals surface area contributed by atoms with Crippen molar-refractivity contribution in [1.82, 2.24) is 10.6 Å². The number of amides is 1. The van der Waals surface area contributed by atoms with Crippen LogP contribution in [0.3, 0.4) is 0 Å². The number of rotatable bonds is 11. The van der Waals surface area contributed by atoms with Crippen molar-refractivity contribution in [1.29, 1.82) is 0 Å². The first-order valence-corrected chi connectivity index (χ1v) is 17.4. The van der Waals surface area contributed by atoms with E-state index in [1.165, 1.54) is 19.2 Å². The Morgan fingerprint density at radius 2 is 1.85 bits per heavy atom. The van der Waals surface area contributed by atoms with E-state index in [-0.39, 0.29) is 59.7 Å². The molecule has 12 atom stereocenters. The number of aromatic hydroxyl groups is 1. The van der Waals surface area contributed by atoms with Crippen LogP contribution < -0.4 is 10.6 Å². The first-order chi connectivity index (χ1) is 21.8. The zero-order valence-corrected chi connectivity index (χ0v) is 27.9. The molecule has 0 radical (unpaired) electrons. The van der Waals surface area contributed by atoms with Gasteiger partial charge in [-0.15, -0.1) is 0 Å². The van der Waals surface area contributed by atoms with Crippen LogP contribution in [0.1, 0.15) is 84.1 Å². The Balaban J connectivity index is 1.11. The third-order valence-electron chi connectivity index (χ3n) is 13.1. The van der Waals surface area contributed by atoms with Gasteiger partial charge in [-0.25, -0.2) is 9.18 Å². The lowest BCUT2D eigenvalue weighted by molar-refractivity contribution is -0.207. The van der Waals surface area contributed by atoms with Gasteiger partial charge in [0, 0.05) is 6.42 Å². The van der Waals surface area contributed by atoms with Crippen molar-refractivity contribution in [2.75, 3.05) is 20.2 Å². The second kappa shape index (κ2) is 14.1. The molecule has 46 heavy (non-hydrogen) atoms. The number of carbonyl (C=O) groups is 2. The lowest BCUT2D eigenvalue weighted by Crippen LogP contribution is -2.62. The fourth-order valence-corrected chi connectivity index (χ4v) is 10.6. The number of phenols is 1. The van der Waals surface area contributed by atoms with Crippen LogP contribution >= 0.6 is 0 Å². The molecule has 0 spiro atoms. The van der Waals surface area contributed by atoms with Crippen molar-refractivity contribution in [3.63, 3.8) is 0 Å². The molecule has 10 heteroatoms. The third-order valence-corrected chi connectivity index (χ3v) is 13.1. The van der Waals surface area contributed by atoms with E-state index >= 15 is 0 Å². The normalized spacial score (nSPS) is 38.2. The highest BCUT2D eigenvalue weighted by molar-refractivity contribution is 5.85. The van der Waals surface area contributed by atoms with Crippen molar-refractivity contribution >= 4 is 11.9 Å². The second-order valence-corrected chi connectivity index (χ2v) is 15.5. The first-order valence-electron chi connectivity index (χ1n) is 17.4. The Hall–Kier alpha value is -2.27. The lowest BCUT2D eigenvalue weighted by atomic mass is 9.43. The molecule has 4 aliphatic carbocycles. The fraction of sp³-hybridized carbons (Fsp3) is 0.778. The molecular weight excluding hydrogens is 591 g/mol. The molecular formula is C36H55FN2O7. The molecule has 4 fully saturated rings. The van der Waals surface area contributed by atoms with Crippen LogP contribution in [0.2, 0.25) is 0 Å². The number of aliphatic hydroxyl groups excluding tert-OH is 3. The maximum atomic E-state index is 13.8. The third kappa shape index (κ3) is 6.69. The van der Waals surface area contributed by atoms with E-state index in [0.29, 0.717) is 29.9 Å². The van der Waals surface area contributed by atoms with Gasteiger partial charge in [0.1, 0.15) is 6.04 Å². The molecule has 0 heterocycles. The highest BCUT2D eigenvalue weighted by atomic mass is 19.1. The van der Waals surface area contributed by atoms with Crippen LogP contribution in [-0.4, -0.2) is 76.9 Å². The molecule has 1 amide bonds.